The van der Waals surface area contributed by atoms with Crippen LogP contribution in [0.25, 0.3) is 34.0 Å². The summed E-state index contributed by atoms with van der Waals surface area (Å²) in [4.78, 5) is 7.05. The summed E-state index contributed by atoms with van der Waals surface area (Å²) in [7, 11) is 4.33. The van der Waals surface area contributed by atoms with Gasteiger partial charge < -0.3 is 14.7 Å². The molecule has 3 heterocycles. The number of benzene rings is 7. The summed E-state index contributed by atoms with van der Waals surface area (Å²) in [6, 6.07) is 63.8. The lowest BCUT2D eigenvalue weighted by molar-refractivity contribution is 0.372. The molecular weight excluding hydrogens is 789 g/mol. The number of nitrogens with zero attached hydrogens (tertiary/aromatic N) is 3. The summed E-state index contributed by atoms with van der Waals surface area (Å²) in [5, 5.41) is 3.68. The van der Waals surface area contributed by atoms with E-state index in [1.165, 1.54) is 89.7 Å². The normalized spacial score (nSPS) is 18.3. The van der Waals surface area contributed by atoms with E-state index in [1.807, 2.05) is 0 Å². The third kappa shape index (κ3) is 7.42. The third-order valence-electron chi connectivity index (χ3n) is 14.1. The van der Waals surface area contributed by atoms with E-state index in [-0.39, 0.29) is 10.8 Å². The van der Waals surface area contributed by atoms with Gasteiger partial charge in [-0.05, 0) is 104 Å². The minimum absolute atomic E-state index is 0.00112. The van der Waals surface area contributed by atoms with Crippen LogP contribution in [0.4, 0.5) is 22.7 Å². The Morgan fingerprint density at radius 2 is 1.14 bits per heavy atom. The smallest absolute Gasteiger partial charge is 0.0686 e. The predicted octanol–water partition coefficient (Wildman–Crippen LogP) is 14.4. The monoisotopic (exact) mass is 846 g/mol. The van der Waals surface area contributed by atoms with Gasteiger partial charge in [0.05, 0.1) is 24.1 Å². The zero-order valence-electron chi connectivity index (χ0n) is 38.5. The Bertz CT molecular complexity index is 3010. The summed E-state index contributed by atoms with van der Waals surface area (Å²) < 4.78 is 0. The number of para-hydroxylation sites is 2. The Morgan fingerprint density at radius 1 is 0.538 bits per heavy atom. The molecule has 65 heavy (non-hydrogen) atoms. The highest BCUT2D eigenvalue weighted by Gasteiger charge is 2.43. The Labute approximate surface area is 386 Å². The van der Waals surface area contributed by atoms with E-state index < -0.39 is 0 Å². The first-order valence-electron chi connectivity index (χ1n) is 22.9. The highest BCUT2D eigenvalue weighted by molar-refractivity contribution is 5.92. The van der Waals surface area contributed by atoms with Crippen molar-refractivity contribution in [2.75, 3.05) is 37.1 Å². The van der Waals surface area contributed by atoms with Crippen LogP contribution in [-0.4, -0.2) is 38.3 Å². The van der Waals surface area contributed by atoms with E-state index in [4.69, 9.17) is 0 Å². The number of nitrogens with one attached hydrogen (secondary N) is 1. The lowest BCUT2D eigenvalue weighted by Crippen LogP contribution is -2.44. The quantitative estimate of drug-likeness (QED) is 0.190. The largest absolute Gasteiger partial charge is 0.370 e. The van der Waals surface area contributed by atoms with Crippen molar-refractivity contribution in [3.8, 4) is 11.1 Å². The van der Waals surface area contributed by atoms with Crippen LogP contribution in [-0.2, 0) is 5.41 Å². The Balaban J connectivity index is 0.000000176. The van der Waals surface area contributed by atoms with Crippen molar-refractivity contribution < 1.29 is 0 Å². The molecule has 0 saturated heterocycles. The summed E-state index contributed by atoms with van der Waals surface area (Å²) in [5.41, 5.74) is 21.3. The van der Waals surface area contributed by atoms with E-state index in [9.17, 15) is 0 Å². The third-order valence-corrected chi connectivity index (χ3v) is 14.1. The molecule has 322 valence electrons. The molecule has 0 fully saturated rings. The van der Waals surface area contributed by atoms with Crippen molar-refractivity contribution in [1.29, 1.82) is 0 Å². The van der Waals surface area contributed by atoms with Crippen LogP contribution in [0.2, 0.25) is 0 Å². The van der Waals surface area contributed by atoms with Gasteiger partial charge in [-0.25, -0.2) is 0 Å². The van der Waals surface area contributed by atoms with E-state index in [2.05, 4.69) is 263 Å². The molecule has 1 aliphatic carbocycles. The molecule has 1 unspecified atom stereocenters. The molecule has 4 heteroatoms. The standard InChI is InChI=1S/C39H34N2.C22H24N2/c1-27-32-17-9-8-13-28(32)14-12-24-40(4)36-22-20-29(25-33(27)36)30-21-23-38-35(26-30)39(2,3)34-18-10-11-19-37(34)41(38)31-15-6-5-7-16-31;1-22(2)18(16-10-6-4-7-11-16)14-19-20(22)21(24(3)15-23-19)17-12-8-5-9-13-17/h5-23,25-26H,1,24H2,2-4H3;4-14,19,23H,15H2,1-3H3/b14-12-;. The van der Waals surface area contributed by atoms with Crippen LogP contribution in [0, 0.1) is 5.41 Å². The van der Waals surface area contributed by atoms with Gasteiger partial charge >= 0.3 is 0 Å². The van der Waals surface area contributed by atoms with Crippen molar-refractivity contribution in [3.05, 3.63) is 239 Å². The lowest BCUT2D eigenvalue weighted by Gasteiger charge is -2.42. The second-order valence-electron chi connectivity index (χ2n) is 18.9. The SMILES string of the molecule is C=C1c2ccccc2/C=C\CN(C)c2ccc(-c3ccc4c(c3)C(C)(C)c3ccccc3N4c3ccccc3)cc21.CN1CNC2C=C(c3ccccc3)C(C)(C)C2=C1c1ccccc1. The van der Waals surface area contributed by atoms with Crippen LogP contribution in [0.15, 0.2) is 200 Å². The maximum atomic E-state index is 4.60. The summed E-state index contributed by atoms with van der Waals surface area (Å²) in [6.45, 7) is 15.7. The van der Waals surface area contributed by atoms with Gasteiger partial charge in [0.2, 0.25) is 0 Å². The first-order chi connectivity index (χ1) is 31.5. The second-order valence-corrected chi connectivity index (χ2v) is 18.9. The molecule has 0 spiro atoms. The zero-order valence-corrected chi connectivity index (χ0v) is 38.5. The van der Waals surface area contributed by atoms with Gasteiger partial charge in [0, 0.05) is 54.1 Å². The topological polar surface area (TPSA) is 21.8 Å². The van der Waals surface area contributed by atoms with Crippen LogP contribution in [0.5, 0.6) is 0 Å². The van der Waals surface area contributed by atoms with Crippen LogP contribution < -0.4 is 15.1 Å². The van der Waals surface area contributed by atoms with Crippen molar-refractivity contribution in [1.82, 2.24) is 10.2 Å². The van der Waals surface area contributed by atoms with Crippen LogP contribution in [0.1, 0.15) is 66.6 Å². The van der Waals surface area contributed by atoms with Gasteiger partial charge in [-0.15, -0.1) is 0 Å². The Kier molecular flexibility index (Phi) is 10.8. The van der Waals surface area contributed by atoms with E-state index >= 15 is 0 Å². The van der Waals surface area contributed by atoms with Gasteiger partial charge in [0.1, 0.15) is 0 Å². The van der Waals surface area contributed by atoms with Gasteiger partial charge in [-0.3, -0.25) is 5.32 Å². The van der Waals surface area contributed by atoms with Gasteiger partial charge in [-0.2, -0.15) is 0 Å². The van der Waals surface area contributed by atoms with E-state index in [0.717, 1.165) is 18.8 Å². The van der Waals surface area contributed by atoms with Crippen molar-refractivity contribution in [2.24, 2.45) is 5.41 Å². The fourth-order valence-electron chi connectivity index (χ4n) is 10.7. The fourth-order valence-corrected chi connectivity index (χ4v) is 10.7. The first-order valence-corrected chi connectivity index (χ1v) is 22.9. The van der Waals surface area contributed by atoms with Crippen LogP contribution in [0.3, 0.4) is 0 Å². The van der Waals surface area contributed by atoms with Gasteiger partial charge in [0.15, 0.2) is 0 Å². The van der Waals surface area contributed by atoms with E-state index in [0.29, 0.717) is 6.04 Å². The number of anilines is 4. The Hall–Kier alpha value is -7.14. The molecule has 3 aliphatic heterocycles. The minimum Gasteiger partial charge on any atom is -0.370 e. The number of hydrogen-bond acceptors (Lipinski definition) is 4. The molecule has 1 atom stereocenters. The highest BCUT2D eigenvalue weighted by Crippen LogP contribution is 2.54. The van der Waals surface area contributed by atoms with Gasteiger partial charge in [0.25, 0.3) is 0 Å². The van der Waals surface area contributed by atoms with Crippen molar-refractivity contribution in [3.63, 3.8) is 0 Å². The Morgan fingerprint density at radius 3 is 1.88 bits per heavy atom. The van der Waals surface area contributed by atoms with Crippen molar-refractivity contribution >= 4 is 45.7 Å². The molecule has 4 nitrogen and oxygen atoms in total. The number of hydrogen-bond donors (Lipinski definition) is 1. The summed E-state index contributed by atoms with van der Waals surface area (Å²) >= 11 is 0. The van der Waals surface area contributed by atoms with Crippen LogP contribution >= 0.6 is 0 Å². The lowest BCUT2D eigenvalue weighted by atomic mass is 9.73. The molecule has 0 aromatic heterocycles. The highest BCUT2D eigenvalue weighted by atomic mass is 15.2. The molecule has 1 N–H and O–H groups in total. The molecule has 0 bridgehead atoms. The average molecular weight is 847 g/mol. The molecule has 7 aromatic rings. The summed E-state index contributed by atoms with van der Waals surface area (Å²) in [5.74, 6) is 0. The average Bonchev–Trinajstić information content (AvgIpc) is 3.63. The predicted molar refractivity (Wildman–Crippen MR) is 277 cm³/mol. The molecular formula is C61H58N4. The second kappa shape index (κ2) is 16.8. The molecule has 7 aromatic carbocycles. The fraction of sp³-hybridized carbons (Fsp3) is 0.180. The number of rotatable bonds is 4. The molecule has 11 rings (SSSR count). The van der Waals surface area contributed by atoms with Crippen molar-refractivity contribution in [2.45, 2.75) is 39.2 Å². The maximum absolute atomic E-state index is 4.60. The maximum Gasteiger partial charge on any atom is 0.0686 e. The molecule has 4 aliphatic rings. The molecule has 0 saturated carbocycles. The molecule has 0 radical (unpaired) electrons. The van der Waals surface area contributed by atoms with Gasteiger partial charge in [-0.1, -0.05) is 186 Å². The first kappa shape index (κ1) is 41.8. The summed E-state index contributed by atoms with van der Waals surface area (Å²) in [6.07, 6.45) is 6.86. The zero-order chi connectivity index (χ0) is 44.9. The number of allylic oxidation sites excluding steroid dienone is 1. The number of likely N-dealkylation sites (N-methyl/N-ethyl adjacent to an activating group) is 1. The minimum atomic E-state index is -0.150. The molecule has 0 amide bonds. The number of fused-ring (bicyclic) bond motifs is 5. The van der Waals surface area contributed by atoms with E-state index in [1.54, 1.807) is 0 Å².